The third-order valence-corrected chi connectivity index (χ3v) is 8.97. The number of esters is 1. The Bertz CT molecular complexity index is 920. The zero-order valence-electron chi connectivity index (χ0n) is 19.5. The van der Waals surface area contributed by atoms with Gasteiger partial charge in [-0.1, -0.05) is 0 Å². The number of halogens is 3. The van der Waals surface area contributed by atoms with E-state index in [1.807, 2.05) is 6.92 Å². The molecule has 3 heterocycles. The molecule has 0 radical (unpaired) electrons. The summed E-state index contributed by atoms with van der Waals surface area (Å²) in [6.45, 7) is 3.04. The summed E-state index contributed by atoms with van der Waals surface area (Å²) in [5, 5.41) is 9.17. The molecule has 1 aromatic rings. The summed E-state index contributed by atoms with van der Waals surface area (Å²) < 4.78 is 57.6. The largest absolute Gasteiger partial charge is 0.491 e. The van der Waals surface area contributed by atoms with Crippen LogP contribution < -0.4 is 0 Å². The Morgan fingerprint density at radius 2 is 1.68 bits per heavy atom. The Hall–Kier alpha value is -1.68. The molecule has 5 fully saturated rings. The van der Waals surface area contributed by atoms with E-state index in [1.165, 1.54) is 19.3 Å². The lowest BCUT2D eigenvalue weighted by Gasteiger charge is -2.56. The predicted molar refractivity (Wildman–Crippen MR) is 113 cm³/mol. The van der Waals surface area contributed by atoms with E-state index in [1.54, 1.807) is 4.57 Å². The van der Waals surface area contributed by atoms with Crippen LogP contribution in [0.15, 0.2) is 0 Å². The highest BCUT2D eigenvalue weighted by Gasteiger charge is 2.55. The molecule has 1 aromatic heterocycles. The summed E-state index contributed by atoms with van der Waals surface area (Å²) in [6.07, 6.45) is 2.95. The fourth-order valence-corrected chi connectivity index (χ4v) is 7.93. The first-order valence-corrected chi connectivity index (χ1v) is 12.7. The van der Waals surface area contributed by atoms with Crippen LogP contribution in [0.5, 0.6) is 0 Å². The van der Waals surface area contributed by atoms with Crippen LogP contribution in [0.25, 0.3) is 0 Å². The number of alkyl halides is 3. The van der Waals surface area contributed by atoms with E-state index in [4.69, 9.17) is 14.2 Å². The number of hydrogen-bond acceptors (Lipinski definition) is 6. The van der Waals surface area contributed by atoms with Crippen molar-refractivity contribution in [2.45, 2.75) is 101 Å². The van der Waals surface area contributed by atoms with E-state index in [-0.39, 0.29) is 11.3 Å². The maximum absolute atomic E-state index is 13.1. The molecule has 4 saturated carbocycles. The molecule has 1 saturated heterocycles. The summed E-state index contributed by atoms with van der Waals surface area (Å²) in [5.74, 6) is 0.522. The molecule has 0 aromatic carbocycles. The summed E-state index contributed by atoms with van der Waals surface area (Å²) in [6, 6.07) is 0. The van der Waals surface area contributed by atoms with Crippen LogP contribution in [0.3, 0.4) is 0 Å². The average molecular weight is 484 g/mol. The molecule has 0 amide bonds. The molecule has 7 nitrogen and oxygen atoms in total. The fourth-order valence-electron chi connectivity index (χ4n) is 7.93. The molecule has 2 atom stereocenters. The lowest BCUT2D eigenvalue weighted by Crippen LogP contribution is -2.50. The SMILES string of the molecule is CC1(CCC2CCC(OC(=O)C(F)(F)F)n3c2nnc3C23CC4CC(CC(C4)C2)C3)OCCO1. The monoisotopic (exact) mass is 483 g/mol. The Balaban J connectivity index is 1.33. The van der Waals surface area contributed by atoms with Crippen molar-refractivity contribution in [2.75, 3.05) is 13.2 Å². The number of fused-ring (bicyclic) bond motifs is 1. The van der Waals surface area contributed by atoms with Crippen molar-refractivity contribution in [1.29, 1.82) is 0 Å². The van der Waals surface area contributed by atoms with Gasteiger partial charge in [-0.15, -0.1) is 10.2 Å². The van der Waals surface area contributed by atoms with E-state index >= 15 is 0 Å². The second-order valence-corrected chi connectivity index (χ2v) is 11.5. The predicted octanol–water partition coefficient (Wildman–Crippen LogP) is 4.77. The molecule has 2 unspecified atom stereocenters. The van der Waals surface area contributed by atoms with Gasteiger partial charge in [0, 0.05) is 24.2 Å². The van der Waals surface area contributed by atoms with Gasteiger partial charge in [0.2, 0.25) is 0 Å². The third-order valence-electron chi connectivity index (χ3n) is 8.97. The summed E-state index contributed by atoms with van der Waals surface area (Å²) in [7, 11) is 0. The summed E-state index contributed by atoms with van der Waals surface area (Å²) >= 11 is 0. The molecular formula is C24H32F3N3O4. The molecule has 0 spiro atoms. The highest BCUT2D eigenvalue weighted by molar-refractivity contribution is 5.75. The molecule has 34 heavy (non-hydrogen) atoms. The van der Waals surface area contributed by atoms with Crippen LogP contribution >= 0.6 is 0 Å². The normalized spacial score (nSPS) is 38.2. The maximum Gasteiger partial charge on any atom is 0.491 e. The number of hydrogen-bond donors (Lipinski definition) is 0. The van der Waals surface area contributed by atoms with Crippen LogP contribution in [0.2, 0.25) is 0 Å². The Labute approximate surface area is 196 Å². The van der Waals surface area contributed by atoms with Crippen molar-refractivity contribution in [2.24, 2.45) is 17.8 Å². The number of carbonyl (C=O) groups excluding carboxylic acids is 1. The van der Waals surface area contributed by atoms with Crippen molar-refractivity contribution in [3.63, 3.8) is 0 Å². The van der Waals surface area contributed by atoms with Gasteiger partial charge in [-0.3, -0.25) is 4.57 Å². The van der Waals surface area contributed by atoms with Crippen molar-refractivity contribution in [1.82, 2.24) is 14.8 Å². The van der Waals surface area contributed by atoms with Gasteiger partial charge in [0.05, 0.1) is 13.2 Å². The van der Waals surface area contributed by atoms with Crippen molar-refractivity contribution in [3.05, 3.63) is 11.6 Å². The summed E-state index contributed by atoms with van der Waals surface area (Å²) in [5.41, 5.74) is -0.172. The first kappa shape index (κ1) is 22.8. The number of aromatic nitrogens is 3. The van der Waals surface area contributed by atoms with Gasteiger partial charge in [-0.2, -0.15) is 13.2 Å². The van der Waals surface area contributed by atoms with Gasteiger partial charge in [0.1, 0.15) is 11.6 Å². The molecule has 0 N–H and O–H groups in total. The van der Waals surface area contributed by atoms with Crippen LogP contribution in [-0.2, 0) is 24.4 Å². The maximum atomic E-state index is 13.1. The minimum absolute atomic E-state index is 0.000580. The average Bonchev–Trinajstić information content (AvgIpc) is 3.39. The highest BCUT2D eigenvalue weighted by atomic mass is 19.4. The van der Waals surface area contributed by atoms with Crippen molar-refractivity contribution in [3.8, 4) is 0 Å². The molecular weight excluding hydrogens is 451 g/mol. The molecule has 6 aliphatic rings. The molecule has 2 aliphatic heterocycles. The van der Waals surface area contributed by atoms with Crippen LogP contribution in [0.1, 0.15) is 94.9 Å². The first-order valence-electron chi connectivity index (χ1n) is 12.7. The number of carbonyl (C=O) groups is 1. The highest BCUT2D eigenvalue weighted by Crippen LogP contribution is 2.61. The Morgan fingerprint density at radius 1 is 1.06 bits per heavy atom. The van der Waals surface area contributed by atoms with E-state index in [9.17, 15) is 18.0 Å². The zero-order valence-corrected chi connectivity index (χ0v) is 19.5. The third kappa shape index (κ3) is 3.85. The fraction of sp³-hybridized carbons (Fsp3) is 0.875. The molecule has 10 heteroatoms. The van der Waals surface area contributed by atoms with Gasteiger partial charge in [0.25, 0.3) is 0 Å². The van der Waals surface area contributed by atoms with Crippen LogP contribution in [0.4, 0.5) is 13.2 Å². The van der Waals surface area contributed by atoms with Crippen molar-refractivity contribution < 1.29 is 32.2 Å². The molecule has 7 rings (SSSR count). The van der Waals surface area contributed by atoms with Gasteiger partial charge in [-0.25, -0.2) is 4.79 Å². The van der Waals surface area contributed by atoms with Crippen molar-refractivity contribution >= 4 is 5.97 Å². The summed E-state index contributed by atoms with van der Waals surface area (Å²) in [4.78, 5) is 11.8. The second kappa shape index (κ2) is 7.91. The van der Waals surface area contributed by atoms with E-state index < -0.39 is 24.2 Å². The minimum atomic E-state index is -5.03. The van der Waals surface area contributed by atoms with Gasteiger partial charge >= 0.3 is 12.1 Å². The topological polar surface area (TPSA) is 75.5 Å². The lowest BCUT2D eigenvalue weighted by atomic mass is 9.49. The number of nitrogens with zero attached hydrogens (tertiary/aromatic N) is 3. The van der Waals surface area contributed by atoms with Gasteiger partial charge in [0.15, 0.2) is 12.0 Å². The Morgan fingerprint density at radius 3 is 2.26 bits per heavy atom. The second-order valence-electron chi connectivity index (χ2n) is 11.5. The molecule has 4 aliphatic carbocycles. The molecule has 4 bridgehead atoms. The quantitative estimate of drug-likeness (QED) is 0.562. The lowest BCUT2D eigenvalue weighted by molar-refractivity contribution is -0.210. The zero-order chi connectivity index (χ0) is 23.7. The van der Waals surface area contributed by atoms with Crippen LogP contribution in [0, 0.1) is 17.8 Å². The number of rotatable bonds is 5. The Kier molecular flexibility index (Phi) is 5.30. The van der Waals surface area contributed by atoms with E-state index in [0.29, 0.717) is 56.1 Å². The van der Waals surface area contributed by atoms with Gasteiger partial charge < -0.3 is 14.2 Å². The van der Waals surface area contributed by atoms with Gasteiger partial charge in [-0.05, 0) is 76.0 Å². The first-order chi connectivity index (χ1) is 16.1. The smallest absolute Gasteiger partial charge is 0.434 e. The van der Waals surface area contributed by atoms with E-state index in [0.717, 1.165) is 31.5 Å². The van der Waals surface area contributed by atoms with E-state index in [2.05, 4.69) is 10.2 Å². The van der Waals surface area contributed by atoms with Crippen LogP contribution in [-0.4, -0.2) is 45.9 Å². The molecule has 188 valence electrons. The number of ether oxygens (including phenoxy) is 3. The standard InChI is InChI=1S/C24H32F3N3O4/c1-22(32-6-7-33-22)5-4-17-2-3-18(34-21(31)24(25,26)27)30-19(17)28-29-20(30)23-11-14-8-15(12-23)10-16(9-14)13-23/h14-18H,2-13H2,1H3. The minimum Gasteiger partial charge on any atom is -0.434 e.